The van der Waals surface area contributed by atoms with Gasteiger partial charge in [0.1, 0.15) is 0 Å². The predicted molar refractivity (Wildman–Crippen MR) is 86.2 cm³/mol. The monoisotopic (exact) mass is 324 g/mol. The molecule has 1 aromatic rings. The van der Waals surface area contributed by atoms with E-state index in [0.717, 1.165) is 19.3 Å². The van der Waals surface area contributed by atoms with Gasteiger partial charge in [-0.05, 0) is 44.9 Å². The molecule has 0 aliphatic heterocycles. The molecule has 0 fully saturated rings. The van der Waals surface area contributed by atoms with E-state index >= 15 is 0 Å². The lowest BCUT2D eigenvalue weighted by Crippen LogP contribution is -2.24. The van der Waals surface area contributed by atoms with Gasteiger partial charge in [0.2, 0.25) is 5.91 Å². The third-order valence-electron chi connectivity index (χ3n) is 3.82. The van der Waals surface area contributed by atoms with E-state index in [1.54, 1.807) is 0 Å². The second-order valence-electron chi connectivity index (χ2n) is 5.74. The molecule has 0 bridgehead atoms. The van der Waals surface area contributed by atoms with Crippen molar-refractivity contribution in [2.45, 2.75) is 64.2 Å². The van der Waals surface area contributed by atoms with Gasteiger partial charge in [-0.15, -0.1) is 11.3 Å². The number of unbranched alkanes of at least 4 members (excludes halogenated alkanes) is 1. The zero-order valence-corrected chi connectivity index (χ0v) is 13.7. The van der Waals surface area contributed by atoms with E-state index in [-0.39, 0.29) is 12.3 Å². The number of fused-ring (bicyclic) bond motifs is 1. The molecular weight excluding hydrogens is 300 g/mol. The lowest BCUT2D eigenvalue weighted by Gasteiger charge is -2.06. The summed E-state index contributed by atoms with van der Waals surface area (Å²) in [5.41, 5.74) is 1.30. The normalized spacial score (nSPS) is 13.6. The highest BCUT2D eigenvalue weighted by Gasteiger charge is 2.14. The maximum Gasteiger partial charge on any atom is 0.303 e. The molecule has 0 aromatic carbocycles. The second-order valence-corrected chi connectivity index (χ2v) is 6.91. The number of rotatable bonds is 9. The summed E-state index contributed by atoms with van der Waals surface area (Å²) < 4.78 is 0. The van der Waals surface area contributed by atoms with E-state index in [0.29, 0.717) is 25.8 Å². The fourth-order valence-corrected chi connectivity index (χ4v) is 3.83. The van der Waals surface area contributed by atoms with Crippen molar-refractivity contribution in [3.63, 3.8) is 0 Å². The van der Waals surface area contributed by atoms with Crippen molar-refractivity contribution in [3.05, 3.63) is 15.6 Å². The number of carboxylic acids is 1. The average Bonchev–Trinajstić information content (AvgIpc) is 2.90. The van der Waals surface area contributed by atoms with Gasteiger partial charge in [0.15, 0.2) is 0 Å². The van der Waals surface area contributed by atoms with E-state index in [1.807, 2.05) is 11.3 Å². The van der Waals surface area contributed by atoms with Crippen molar-refractivity contribution < 1.29 is 14.7 Å². The Bertz CT molecular complexity index is 490. The van der Waals surface area contributed by atoms with Gasteiger partial charge >= 0.3 is 5.97 Å². The van der Waals surface area contributed by atoms with E-state index in [1.165, 1.54) is 34.8 Å². The number of nitrogens with zero attached hydrogens (tertiary/aromatic N) is 1. The van der Waals surface area contributed by atoms with Crippen LogP contribution in [-0.2, 0) is 28.9 Å². The van der Waals surface area contributed by atoms with Gasteiger partial charge in [-0.2, -0.15) is 0 Å². The highest BCUT2D eigenvalue weighted by atomic mass is 32.1. The first kappa shape index (κ1) is 16.9. The van der Waals surface area contributed by atoms with Gasteiger partial charge < -0.3 is 10.4 Å². The summed E-state index contributed by atoms with van der Waals surface area (Å²) in [4.78, 5) is 28.1. The van der Waals surface area contributed by atoms with Gasteiger partial charge in [-0.1, -0.05) is 0 Å². The molecule has 22 heavy (non-hydrogen) atoms. The molecule has 6 heteroatoms. The van der Waals surface area contributed by atoms with Crippen LogP contribution in [0, 0.1) is 0 Å². The molecule has 122 valence electrons. The number of nitrogens with one attached hydrogen (secondary N) is 1. The van der Waals surface area contributed by atoms with E-state index < -0.39 is 5.97 Å². The highest BCUT2D eigenvalue weighted by Crippen LogP contribution is 2.27. The van der Waals surface area contributed by atoms with Crippen molar-refractivity contribution in [1.82, 2.24) is 10.3 Å². The van der Waals surface area contributed by atoms with Crippen LogP contribution >= 0.6 is 11.3 Å². The van der Waals surface area contributed by atoms with Gasteiger partial charge in [0.25, 0.3) is 0 Å². The second kappa shape index (κ2) is 8.88. The van der Waals surface area contributed by atoms with Crippen LogP contribution in [0.4, 0.5) is 0 Å². The number of carbonyl (C=O) groups is 2. The number of aryl methyl sites for hydroxylation is 3. The number of aliphatic carboxylic acids is 1. The number of aromatic nitrogens is 1. The first-order chi connectivity index (χ1) is 10.6. The van der Waals surface area contributed by atoms with E-state index in [4.69, 9.17) is 10.1 Å². The third kappa shape index (κ3) is 5.75. The van der Waals surface area contributed by atoms with E-state index in [2.05, 4.69) is 5.32 Å². The Morgan fingerprint density at radius 2 is 1.91 bits per heavy atom. The van der Waals surface area contributed by atoms with Crippen molar-refractivity contribution in [2.24, 2.45) is 0 Å². The summed E-state index contributed by atoms with van der Waals surface area (Å²) >= 11 is 1.83. The quantitative estimate of drug-likeness (QED) is 0.685. The zero-order chi connectivity index (χ0) is 15.8. The molecule has 0 saturated heterocycles. The van der Waals surface area contributed by atoms with Crippen molar-refractivity contribution >= 4 is 23.2 Å². The SMILES string of the molecule is O=C(O)CCCCC(=O)NCCCc1nc2c(s1)CCCC2. The summed E-state index contributed by atoms with van der Waals surface area (Å²) in [6, 6.07) is 0. The van der Waals surface area contributed by atoms with Crippen LogP contribution in [0.25, 0.3) is 0 Å². The van der Waals surface area contributed by atoms with E-state index in [9.17, 15) is 9.59 Å². The van der Waals surface area contributed by atoms with Crippen LogP contribution in [0.1, 0.15) is 60.5 Å². The van der Waals surface area contributed by atoms with Gasteiger partial charge in [-0.25, -0.2) is 4.98 Å². The summed E-state index contributed by atoms with van der Waals surface area (Å²) in [5.74, 6) is -0.782. The number of carbonyl (C=O) groups excluding carboxylic acids is 1. The smallest absolute Gasteiger partial charge is 0.303 e. The number of hydrogen-bond acceptors (Lipinski definition) is 4. The molecule has 1 aliphatic rings. The molecule has 0 spiro atoms. The van der Waals surface area contributed by atoms with Crippen LogP contribution in [-0.4, -0.2) is 28.5 Å². The molecule has 0 saturated carbocycles. The molecule has 1 amide bonds. The predicted octanol–water partition coefficient (Wildman–Crippen LogP) is 2.72. The Kier molecular flexibility index (Phi) is 6.83. The van der Waals surface area contributed by atoms with Crippen LogP contribution in [0.2, 0.25) is 0 Å². The van der Waals surface area contributed by atoms with Crippen LogP contribution in [0.5, 0.6) is 0 Å². The summed E-state index contributed by atoms with van der Waals surface area (Å²) in [6.07, 6.45) is 8.44. The third-order valence-corrected chi connectivity index (χ3v) is 5.04. The molecule has 2 rings (SSSR count). The number of hydrogen-bond donors (Lipinski definition) is 2. The fourth-order valence-electron chi connectivity index (χ4n) is 2.63. The maximum atomic E-state index is 11.6. The Balaban J connectivity index is 1.56. The van der Waals surface area contributed by atoms with Gasteiger partial charge in [0.05, 0.1) is 10.7 Å². The fraction of sp³-hybridized carbons (Fsp3) is 0.688. The number of carboxylic acid groups (broad SMARTS) is 1. The maximum absolute atomic E-state index is 11.6. The minimum atomic E-state index is -0.799. The average molecular weight is 324 g/mol. The summed E-state index contributed by atoms with van der Waals surface area (Å²) in [6.45, 7) is 0.669. The van der Waals surface area contributed by atoms with Crippen molar-refractivity contribution in [3.8, 4) is 0 Å². The van der Waals surface area contributed by atoms with Crippen molar-refractivity contribution in [2.75, 3.05) is 6.54 Å². The Morgan fingerprint density at radius 3 is 2.68 bits per heavy atom. The van der Waals surface area contributed by atoms with Crippen LogP contribution in [0.15, 0.2) is 0 Å². The molecule has 1 aromatic heterocycles. The zero-order valence-electron chi connectivity index (χ0n) is 12.9. The van der Waals surface area contributed by atoms with Gasteiger partial charge in [-0.3, -0.25) is 9.59 Å². The summed E-state index contributed by atoms with van der Waals surface area (Å²) in [5, 5.41) is 12.6. The van der Waals surface area contributed by atoms with Crippen LogP contribution < -0.4 is 5.32 Å². The van der Waals surface area contributed by atoms with Crippen LogP contribution in [0.3, 0.4) is 0 Å². The molecular formula is C16H24N2O3S. The Morgan fingerprint density at radius 1 is 1.14 bits per heavy atom. The summed E-state index contributed by atoms with van der Waals surface area (Å²) in [7, 11) is 0. The Hall–Kier alpha value is -1.43. The van der Waals surface area contributed by atoms with Gasteiger partial charge in [0, 0.05) is 30.7 Å². The topological polar surface area (TPSA) is 79.3 Å². The number of amides is 1. The molecule has 0 radical (unpaired) electrons. The largest absolute Gasteiger partial charge is 0.481 e. The molecule has 0 unspecified atom stereocenters. The lowest BCUT2D eigenvalue weighted by atomic mass is 10.0. The number of thiazole rings is 1. The minimum Gasteiger partial charge on any atom is -0.481 e. The molecule has 0 atom stereocenters. The highest BCUT2D eigenvalue weighted by molar-refractivity contribution is 7.11. The minimum absolute atomic E-state index is 0.0174. The first-order valence-corrected chi connectivity index (χ1v) is 8.93. The lowest BCUT2D eigenvalue weighted by molar-refractivity contribution is -0.137. The molecule has 5 nitrogen and oxygen atoms in total. The molecule has 1 aliphatic carbocycles. The standard InChI is InChI=1S/C16H24N2O3S/c19-14(8-3-4-10-16(20)21)17-11-5-9-15-18-12-6-1-2-7-13(12)22-15/h1-11H2,(H,17,19)(H,20,21). The molecule has 2 N–H and O–H groups in total. The van der Waals surface area contributed by atoms with Crippen molar-refractivity contribution in [1.29, 1.82) is 0 Å². The Labute approximate surface area is 135 Å². The molecule has 1 heterocycles. The first-order valence-electron chi connectivity index (χ1n) is 8.11.